The Kier molecular flexibility index (Phi) is 3.53. The summed E-state index contributed by atoms with van der Waals surface area (Å²) in [6.45, 7) is 0. The summed E-state index contributed by atoms with van der Waals surface area (Å²) in [5.41, 5.74) is 1.05. The molecular formula is C12H12ClN3O2. The molecule has 0 fully saturated rings. The molecule has 5 nitrogen and oxygen atoms in total. The first kappa shape index (κ1) is 12.4. The molecule has 0 radical (unpaired) electrons. The topological polar surface area (TPSA) is 56.2 Å². The lowest BCUT2D eigenvalue weighted by Gasteiger charge is -2.04. The van der Waals surface area contributed by atoms with E-state index in [0.717, 1.165) is 0 Å². The van der Waals surface area contributed by atoms with E-state index in [1.165, 1.54) is 11.8 Å². The predicted octanol–water partition coefficient (Wildman–Crippen LogP) is 2.33. The number of nitrogens with zero attached hydrogens (tertiary/aromatic N) is 2. The molecule has 1 amide bonds. The van der Waals surface area contributed by atoms with Gasteiger partial charge in [0.2, 0.25) is 5.88 Å². The maximum absolute atomic E-state index is 12.0. The Morgan fingerprint density at radius 2 is 2.06 bits per heavy atom. The Morgan fingerprint density at radius 1 is 1.39 bits per heavy atom. The Balaban J connectivity index is 2.19. The quantitative estimate of drug-likeness (QED) is 0.927. The first-order valence-electron chi connectivity index (χ1n) is 5.24. The maximum atomic E-state index is 12.0. The predicted molar refractivity (Wildman–Crippen MR) is 69.2 cm³/mol. The van der Waals surface area contributed by atoms with E-state index in [9.17, 15) is 4.79 Å². The van der Waals surface area contributed by atoms with Crippen LogP contribution in [0.25, 0.3) is 0 Å². The van der Waals surface area contributed by atoms with Crippen molar-refractivity contribution >= 4 is 23.2 Å². The number of halogens is 1. The first-order valence-corrected chi connectivity index (χ1v) is 5.62. The summed E-state index contributed by atoms with van der Waals surface area (Å²) in [6.07, 6.45) is 1.60. The minimum Gasteiger partial charge on any atom is -0.479 e. The van der Waals surface area contributed by atoms with Gasteiger partial charge in [-0.1, -0.05) is 11.6 Å². The summed E-state index contributed by atoms with van der Waals surface area (Å²) < 4.78 is 6.55. The molecule has 0 saturated heterocycles. The van der Waals surface area contributed by atoms with Crippen molar-refractivity contribution in [3.8, 4) is 5.88 Å². The Bertz CT molecular complexity index is 563. The van der Waals surface area contributed by atoms with Gasteiger partial charge in [0.25, 0.3) is 5.91 Å². The van der Waals surface area contributed by atoms with Crippen LogP contribution in [0, 0.1) is 0 Å². The number of carbonyl (C=O) groups is 1. The smallest absolute Gasteiger partial charge is 0.262 e. The SMILES string of the molecule is COc1nn(C)cc1C(=O)Nc1ccc(Cl)cc1. The van der Waals surface area contributed by atoms with Crippen molar-refractivity contribution in [3.05, 3.63) is 41.0 Å². The second-order valence-electron chi connectivity index (χ2n) is 3.69. The van der Waals surface area contributed by atoms with Gasteiger partial charge in [0.1, 0.15) is 5.56 Å². The number of aromatic nitrogens is 2. The average molecular weight is 266 g/mol. The summed E-state index contributed by atoms with van der Waals surface area (Å²) in [6, 6.07) is 6.86. The van der Waals surface area contributed by atoms with E-state index in [2.05, 4.69) is 10.4 Å². The molecule has 0 saturated carbocycles. The summed E-state index contributed by atoms with van der Waals surface area (Å²) in [5, 5.41) is 7.38. The van der Waals surface area contributed by atoms with Gasteiger partial charge < -0.3 is 10.1 Å². The fraction of sp³-hybridized carbons (Fsp3) is 0.167. The second kappa shape index (κ2) is 5.10. The van der Waals surface area contributed by atoms with Gasteiger partial charge in [-0.25, -0.2) is 0 Å². The van der Waals surface area contributed by atoms with Crippen molar-refractivity contribution in [1.82, 2.24) is 9.78 Å². The van der Waals surface area contributed by atoms with Gasteiger partial charge in [0.15, 0.2) is 0 Å². The molecule has 0 atom stereocenters. The van der Waals surface area contributed by atoms with E-state index >= 15 is 0 Å². The van der Waals surface area contributed by atoms with Crippen LogP contribution in [-0.2, 0) is 7.05 Å². The number of hydrogen-bond acceptors (Lipinski definition) is 3. The van der Waals surface area contributed by atoms with Crippen LogP contribution in [0.3, 0.4) is 0 Å². The van der Waals surface area contributed by atoms with E-state index in [1.807, 2.05) is 0 Å². The fourth-order valence-electron chi connectivity index (χ4n) is 1.51. The lowest BCUT2D eigenvalue weighted by molar-refractivity contribution is 0.102. The van der Waals surface area contributed by atoms with E-state index in [4.69, 9.17) is 16.3 Å². The third-order valence-corrected chi connectivity index (χ3v) is 2.59. The van der Waals surface area contributed by atoms with Gasteiger partial charge in [-0.05, 0) is 24.3 Å². The number of rotatable bonds is 3. The van der Waals surface area contributed by atoms with Gasteiger partial charge >= 0.3 is 0 Å². The molecule has 1 aromatic carbocycles. The van der Waals surface area contributed by atoms with E-state index in [-0.39, 0.29) is 5.91 Å². The molecule has 1 heterocycles. The number of carbonyl (C=O) groups excluding carboxylic acids is 1. The number of aryl methyl sites for hydroxylation is 1. The third kappa shape index (κ3) is 2.62. The molecule has 0 bridgehead atoms. The van der Waals surface area contributed by atoms with Crippen LogP contribution in [0.1, 0.15) is 10.4 Å². The van der Waals surface area contributed by atoms with Crippen LogP contribution in [0.2, 0.25) is 5.02 Å². The number of ether oxygens (including phenoxy) is 1. The average Bonchev–Trinajstić information content (AvgIpc) is 2.73. The van der Waals surface area contributed by atoms with Crippen LogP contribution in [-0.4, -0.2) is 22.8 Å². The van der Waals surface area contributed by atoms with Gasteiger partial charge in [-0.2, -0.15) is 0 Å². The summed E-state index contributed by atoms with van der Waals surface area (Å²) in [5.74, 6) is 0.0197. The standard InChI is InChI=1S/C12H12ClN3O2/c1-16-7-10(12(15-16)18-2)11(17)14-9-5-3-8(13)4-6-9/h3-7H,1-2H3,(H,14,17). The molecule has 0 spiro atoms. The van der Waals surface area contributed by atoms with Crippen molar-refractivity contribution in [2.24, 2.45) is 7.05 Å². The number of amides is 1. The minimum atomic E-state index is -0.276. The highest BCUT2D eigenvalue weighted by atomic mass is 35.5. The number of methoxy groups -OCH3 is 1. The molecule has 0 aliphatic carbocycles. The van der Waals surface area contributed by atoms with Crippen LogP contribution >= 0.6 is 11.6 Å². The largest absolute Gasteiger partial charge is 0.479 e. The molecule has 2 rings (SSSR count). The Hall–Kier alpha value is -2.01. The zero-order valence-corrected chi connectivity index (χ0v) is 10.7. The number of benzene rings is 1. The Labute approximate surface area is 109 Å². The van der Waals surface area contributed by atoms with E-state index in [1.54, 1.807) is 37.5 Å². The molecule has 1 aromatic heterocycles. The summed E-state index contributed by atoms with van der Waals surface area (Å²) >= 11 is 5.77. The zero-order chi connectivity index (χ0) is 13.1. The van der Waals surface area contributed by atoms with Crippen molar-refractivity contribution in [1.29, 1.82) is 0 Å². The monoisotopic (exact) mass is 265 g/mol. The highest BCUT2D eigenvalue weighted by Crippen LogP contribution is 2.18. The molecule has 1 N–H and O–H groups in total. The van der Waals surface area contributed by atoms with Gasteiger partial charge in [-0.3, -0.25) is 9.48 Å². The van der Waals surface area contributed by atoms with Crippen LogP contribution in [0.4, 0.5) is 5.69 Å². The van der Waals surface area contributed by atoms with E-state index in [0.29, 0.717) is 22.2 Å². The molecule has 0 aliphatic heterocycles. The number of hydrogen-bond donors (Lipinski definition) is 1. The number of nitrogens with one attached hydrogen (secondary N) is 1. The molecule has 6 heteroatoms. The molecule has 94 valence electrons. The van der Waals surface area contributed by atoms with Crippen molar-refractivity contribution in [3.63, 3.8) is 0 Å². The zero-order valence-electron chi connectivity index (χ0n) is 9.98. The molecule has 0 aliphatic rings. The van der Waals surface area contributed by atoms with Crippen LogP contribution < -0.4 is 10.1 Å². The van der Waals surface area contributed by atoms with Gasteiger partial charge in [0.05, 0.1) is 7.11 Å². The highest BCUT2D eigenvalue weighted by molar-refractivity contribution is 6.30. The van der Waals surface area contributed by atoms with Crippen LogP contribution in [0.15, 0.2) is 30.5 Å². The normalized spacial score (nSPS) is 10.2. The highest BCUT2D eigenvalue weighted by Gasteiger charge is 2.16. The lowest BCUT2D eigenvalue weighted by Crippen LogP contribution is -2.12. The fourth-order valence-corrected chi connectivity index (χ4v) is 1.63. The van der Waals surface area contributed by atoms with E-state index < -0.39 is 0 Å². The van der Waals surface area contributed by atoms with Crippen LogP contribution in [0.5, 0.6) is 5.88 Å². The van der Waals surface area contributed by atoms with Crippen molar-refractivity contribution in [2.75, 3.05) is 12.4 Å². The molecule has 0 unspecified atom stereocenters. The molecular weight excluding hydrogens is 254 g/mol. The maximum Gasteiger partial charge on any atom is 0.262 e. The first-order chi connectivity index (χ1) is 8.60. The summed E-state index contributed by atoms with van der Waals surface area (Å²) in [4.78, 5) is 12.0. The molecule has 18 heavy (non-hydrogen) atoms. The minimum absolute atomic E-state index is 0.276. The van der Waals surface area contributed by atoms with Gasteiger partial charge in [-0.15, -0.1) is 5.10 Å². The molecule has 2 aromatic rings. The van der Waals surface area contributed by atoms with Gasteiger partial charge in [0, 0.05) is 24.0 Å². The van der Waals surface area contributed by atoms with Crippen molar-refractivity contribution < 1.29 is 9.53 Å². The Morgan fingerprint density at radius 3 is 2.67 bits per heavy atom. The second-order valence-corrected chi connectivity index (χ2v) is 4.12. The lowest BCUT2D eigenvalue weighted by atomic mass is 10.3. The summed E-state index contributed by atoms with van der Waals surface area (Å²) in [7, 11) is 3.20. The third-order valence-electron chi connectivity index (χ3n) is 2.33. The number of anilines is 1. The van der Waals surface area contributed by atoms with Crippen molar-refractivity contribution in [2.45, 2.75) is 0 Å².